The number of nitrogens with zero attached hydrogens (tertiary/aromatic N) is 4. The lowest BCUT2D eigenvalue weighted by Crippen LogP contribution is -2.33. The molecule has 0 radical (unpaired) electrons. The van der Waals surface area contributed by atoms with E-state index in [4.69, 9.17) is 9.26 Å². The molecule has 0 spiro atoms. The normalized spacial score (nSPS) is 17.5. The molecule has 3 heterocycles. The molecule has 5 rings (SSSR count). The van der Waals surface area contributed by atoms with E-state index in [1.165, 1.54) is 30.6 Å². The Morgan fingerprint density at radius 2 is 2.00 bits per heavy atom. The summed E-state index contributed by atoms with van der Waals surface area (Å²) in [5.41, 5.74) is 3.90. The second kappa shape index (κ2) is 10.5. The molecular formula is C27H34N4O2S. The van der Waals surface area contributed by atoms with Crippen LogP contribution in [0.5, 0.6) is 5.75 Å². The third-order valence-corrected chi connectivity index (χ3v) is 8.06. The van der Waals surface area contributed by atoms with Gasteiger partial charge in [0.1, 0.15) is 11.8 Å². The highest BCUT2D eigenvalue weighted by molar-refractivity contribution is 7.10. The lowest BCUT2D eigenvalue weighted by Gasteiger charge is -2.31. The van der Waals surface area contributed by atoms with Crippen LogP contribution in [0.4, 0.5) is 0 Å². The number of benzene rings is 1. The molecule has 1 aromatic carbocycles. The minimum Gasteiger partial charge on any atom is -0.493 e. The van der Waals surface area contributed by atoms with Gasteiger partial charge in [-0.1, -0.05) is 5.16 Å². The van der Waals surface area contributed by atoms with Gasteiger partial charge in [0.05, 0.1) is 23.4 Å². The van der Waals surface area contributed by atoms with E-state index in [0.29, 0.717) is 5.92 Å². The van der Waals surface area contributed by atoms with E-state index < -0.39 is 0 Å². The largest absolute Gasteiger partial charge is 0.493 e. The van der Waals surface area contributed by atoms with Crippen molar-refractivity contribution in [2.24, 2.45) is 11.8 Å². The van der Waals surface area contributed by atoms with Gasteiger partial charge in [-0.25, -0.2) is 0 Å². The molecule has 1 saturated carbocycles. The molecule has 1 aliphatic carbocycles. The second-order valence-corrected chi connectivity index (χ2v) is 11.2. The Hall–Kier alpha value is -2.40. The summed E-state index contributed by atoms with van der Waals surface area (Å²) in [4.78, 5) is 5.85. The van der Waals surface area contributed by atoms with Gasteiger partial charge in [-0.3, -0.25) is 4.90 Å². The average Bonchev–Trinajstić information content (AvgIpc) is 3.40. The van der Waals surface area contributed by atoms with Crippen LogP contribution in [0.15, 0.2) is 28.1 Å². The Balaban J connectivity index is 1.19. The van der Waals surface area contributed by atoms with E-state index in [-0.39, 0.29) is 0 Å². The van der Waals surface area contributed by atoms with Gasteiger partial charge in [0.25, 0.3) is 0 Å². The zero-order valence-electron chi connectivity index (χ0n) is 20.3. The van der Waals surface area contributed by atoms with E-state index in [1.54, 1.807) is 11.3 Å². The molecule has 2 fully saturated rings. The smallest absolute Gasteiger partial charge is 0.175 e. The Morgan fingerprint density at radius 1 is 1.18 bits per heavy atom. The van der Waals surface area contributed by atoms with Crippen molar-refractivity contribution in [3.05, 3.63) is 45.3 Å². The molecule has 0 atom stereocenters. The zero-order valence-corrected chi connectivity index (χ0v) is 21.1. The molecule has 34 heavy (non-hydrogen) atoms. The molecule has 0 amide bonds. The number of hydrogen-bond acceptors (Lipinski definition) is 7. The maximum atomic E-state index is 9.26. The molecule has 2 aliphatic rings. The van der Waals surface area contributed by atoms with E-state index in [2.05, 4.69) is 47.3 Å². The molecule has 2 aromatic heterocycles. The van der Waals surface area contributed by atoms with Gasteiger partial charge in [-0.15, -0.1) is 11.3 Å². The van der Waals surface area contributed by atoms with E-state index in [9.17, 15) is 5.26 Å². The van der Waals surface area contributed by atoms with Crippen LogP contribution < -0.4 is 4.74 Å². The minimum atomic E-state index is 0.712. The van der Waals surface area contributed by atoms with E-state index in [0.717, 1.165) is 85.1 Å². The van der Waals surface area contributed by atoms with Crippen LogP contribution in [0.2, 0.25) is 0 Å². The third kappa shape index (κ3) is 5.46. The zero-order chi connectivity index (χ0) is 23.5. The number of fused-ring (bicyclic) bond motifs is 1. The van der Waals surface area contributed by atoms with E-state index >= 15 is 0 Å². The van der Waals surface area contributed by atoms with Gasteiger partial charge in [0, 0.05) is 23.4 Å². The molecule has 7 heteroatoms. The SMILES string of the molecule is CN(C)Cc1c(OCC2CC2)ccc2c(CCC3CCN(Cc4sccc4C#N)CC3)noc12. The Morgan fingerprint density at radius 3 is 2.74 bits per heavy atom. The quantitative estimate of drug-likeness (QED) is 0.386. The molecular weight excluding hydrogens is 444 g/mol. The van der Waals surface area contributed by atoms with Crippen LogP contribution in [0.1, 0.15) is 53.8 Å². The van der Waals surface area contributed by atoms with Crippen LogP contribution in [-0.2, 0) is 19.5 Å². The molecule has 3 aromatic rings. The van der Waals surface area contributed by atoms with Crippen molar-refractivity contribution >= 4 is 22.3 Å². The first kappa shape index (κ1) is 23.3. The summed E-state index contributed by atoms with van der Waals surface area (Å²) in [6.07, 6.45) is 7.06. The van der Waals surface area contributed by atoms with Gasteiger partial charge >= 0.3 is 0 Å². The fraction of sp³-hybridized carbons (Fsp3) is 0.556. The molecule has 180 valence electrons. The second-order valence-electron chi connectivity index (χ2n) is 10.2. The van der Waals surface area contributed by atoms with Crippen LogP contribution in [0.25, 0.3) is 11.0 Å². The first-order valence-electron chi connectivity index (χ1n) is 12.5. The van der Waals surface area contributed by atoms with Crippen LogP contribution in [-0.4, -0.2) is 48.7 Å². The highest BCUT2D eigenvalue weighted by atomic mass is 32.1. The van der Waals surface area contributed by atoms with Crippen molar-refractivity contribution in [1.29, 1.82) is 5.26 Å². The fourth-order valence-corrected chi connectivity index (χ4v) is 5.77. The van der Waals surface area contributed by atoms with E-state index in [1.807, 2.05) is 11.4 Å². The number of likely N-dealkylation sites (tertiary alicyclic amines) is 1. The van der Waals surface area contributed by atoms with Crippen LogP contribution in [0, 0.1) is 23.2 Å². The lowest BCUT2D eigenvalue weighted by molar-refractivity contribution is 0.173. The minimum absolute atomic E-state index is 0.712. The molecule has 6 nitrogen and oxygen atoms in total. The predicted molar refractivity (Wildman–Crippen MR) is 135 cm³/mol. The highest BCUT2D eigenvalue weighted by Crippen LogP contribution is 2.35. The Bertz CT molecular complexity index is 1150. The lowest BCUT2D eigenvalue weighted by atomic mass is 9.91. The summed E-state index contributed by atoms with van der Waals surface area (Å²) >= 11 is 1.70. The number of piperidine rings is 1. The third-order valence-electron chi connectivity index (χ3n) is 7.15. The number of thiophene rings is 1. The van der Waals surface area contributed by atoms with Crippen molar-refractivity contribution in [2.45, 2.75) is 51.6 Å². The van der Waals surface area contributed by atoms with Gasteiger partial charge in [0.15, 0.2) is 5.58 Å². The van der Waals surface area contributed by atoms with Crippen molar-refractivity contribution in [1.82, 2.24) is 15.0 Å². The molecule has 1 saturated heterocycles. The van der Waals surface area contributed by atoms with Crippen LogP contribution >= 0.6 is 11.3 Å². The summed E-state index contributed by atoms with van der Waals surface area (Å²) in [5.74, 6) is 2.37. The molecule has 0 N–H and O–H groups in total. The first-order valence-corrected chi connectivity index (χ1v) is 13.3. The number of hydrogen-bond donors (Lipinski definition) is 0. The Kier molecular flexibility index (Phi) is 7.19. The highest BCUT2D eigenvalue weighted by Gasteiger charge is 2.25. The van der Waals surface area contributed by atoms with Crippen molar-refractivity contribution in [2.75, 3.05) is 33.8 Å². The summed E-state index contributed by atoms with van der Waals surface area (Å²) in [6, 6.07) is 8.50. The summed E-state index contributed by atoms with van der Waals surface area (Å²) in [6.45, 7) is 4.68. The number of rotatable bonds is 10. The average molecular weight is 479 g/mol. The van der Waals surface area contributed by atoms with Gasteiger partial charge in [0.2, 0.25) is 0 Å². The number of aryl methyl sites for hydroxylation is 1. The molecule has 0 unspecified atom stereocenters. The van der Waals surface area contributed by atoms with Crippen LogP contribution in [0.3, 0.4) is 0 Å². The fourth-order valence-electron chi connectivity index (χ4n) is 4.90. The molecule has 1 aliphatic heterocycles. The topological polar surface area (TPSA) is 65.5 Å². The van der Waals surface area contributed by atoms with Crippen molar-refractivity contribution in [3.8, 4) is 11.8 Å². The number of aromatic nitrogens is 1. The summed E-state index contributed by atoms with van der Waals surface area (Å²) in [5, 5.41) is 16.9. The molecule has 0 bridgehead atoms. The first-order chi connectivity index (χ1) is 16.6. The maximum Gasteiger partial charge on any atom is 0.175 e. The summed E-state index contributed by atoms with van der Waals surface area (Å²) < 4.78 is 12.1. The van der Waals surface area contributed by atoms with Crippen molar-refractivity contribution < 1.29 is 9.26 Å². The standard InChI is InChI=1S/C27H34N4O2S/c1-30(2)16-23-25(32-18-20-3-4-20)8-6-22-24(29-33-27(22)23)7-5-19-9-12-31(13-10-19)17-26-21(15-28)11-14-34-26/h6,8,11,14,19-20H,3-5,7,9-10,12-13,16-18H2,1-2H3. The maximum absolute atomic E-state index is 9.26. The van der Waals surface area contributed by atoms with Crippen molar-refractivity contribution in [3.63, 3.8) is 0 Å². The van der Waals surface area contributed by atoms with Gasteiger partial charge in [-0.05, 0) is 101 Å². The number of ether oxygens (including phenoxy) is 1. The predicted octanol–water partition coefficient (Wildman–Crippen LogP) is 5.46. The summed E-state index contributed by atoms with van der Waals surface area (Å²) in [7, 11) is 4.15. The Labute approximate surface area is 206 Å². The monoisotopic (exact) mass is 478 g/mol. The van der Waals surface area contributed by atoms with Gasteiger partial charge < -0.3 is 14.2 Å². The number of nitriles is 1. The van der Waals surface area contributed by atoms with Gasteiger partial charge in [-0.2, -0.15) is 5.26 Å².